The Balaban J connectivity index is 1.57. The Kier molecular flexibility index (Phi) is 5.09. The molecule has 3 atom stereocenters. The Bertz CT molecular complexity index is 1080. The molecule has 1 aromatic carbocycles. The van der Waals surface area contributed by atoms with Crippen LogP contribution >= 0.6 is 0 Å². The Morgan fingerprint density at radius 2 is 2.13 bits per heavy atom. The summed E-state index contributed by atoms with van der Waals surface area (Å²) in [5.74, 6) is 1.50. The molecule has 1 saturated carbocycles. The van der Waals surface area contributed by atoms with E-state index >= 15 is 0 Å². The molecular weight excluding hydrogens is 408 g/mol. The minimum absolute atomic E-state index is 0.00524. The maximum Gasteiger partial charge on any atom is 0.251 e. The highest BCUT2D eigenvalue weighted by Crippen LogP contribution is 2.50. The van der Waals surface area contributed by atoms with E-state index in [4.69, 9.17) is 9.26 Å². The number of carbonyl (C=O) groups excluding carboxylic acids is 1. The van der Waals surface area contributed by atoms with Crippen molar-refractivity contribution < 1.29 is 22.5 Å². The zero-order valence-corrected chi connectivity index (χ0v) is 18.3. The molecule has 1 aliphatic heterocycles. The van der Waals surface area contributed by atoms with Gasteiger partial charge in [0.25, 0.3) is 5.91 Å². The number of rotatable bonds is 5. The monoisotopic (exact) mass is 434 g/mol. The van der Waals surface area contributed by atoms with Crippen LogP contribution in [0.5, 0.6) is 5.75 Å². The zero-order chi connectivity index (χ0) is 21.7. The fraction of sp³-hybridized carbons (Fsp3) is 0.550. The lowest BCUT2D eigenvalue weighted by Crippen LogP contribution is -2.39. The molecule has 2 aliphatic rings. The molecule has 2 fully saturated rings. The number of nitrogens with one attached hydrogen (secondary N) is 1. The molecule has 10 heteroatoms. The van der Waals surface area contributed by atoms with Gasteiger partial charge in [-0.1, -0.05) is 5.16 Å². The van der Waals surface area contributed by atoms with Crippen LogP contribution in [0.2, 0.25) is 0 Å². The Labute approximate surface area is 175 Å². The lowest BCUT2D eigenvalue weighted by molar-refractivity contribution is 0.0934. The molecule has 0 bridgehead atoms. The van der Waals surface area contributed by atoms with E-state index in [0.29, 0.717) is 42.4 Å². The summed E-state index contributed by atoms with van der Waals surface area (Å²) in [7, 11) is -1.75. The van der Waals surface area contributed by atoms with Crippen molar-refractivity contribution in [3.63, 3.8) is 0 Å². The van der Waals surface area contributed by atoms with Crippen molar-refractivity contribution in [1.82, 2.24) is 19.8 Å². The second kappa shape index (κ2) is 7.35. The fourth-order valence-electron chi connectivity index (χ4n) is 4.80. The maximum atomic E-state index is 12.9. The summed E-state index contributed by atoms with van der Waals surface area (Å²) in [4.78, 5) is 17.3. The number of ether oxygens (including phenoxy) is 1. The van der Waals surface area contributed by atoms with Gasteiger partial charge in [0.2, 0.25) is 15.9 Å². The van der Waals surface area contributed by atoms with Gasteiger partial charge in [-0.05, 0) is 56.4 Å². The van der Waals surface area contributed by atoms with Crippen LogP contribution < -0.4 is 10.1 Å². The minimum Gasteiger partial charge on any atom is -0.497 e. The molecule has 0 unspecified atom stereocenters. The van der Waals surface area contributed by atoms with E-state index in [2.05, 4.69) is 15.5 Å². The van der Waals surface area contributed by atoms with Crippen molar-refractivity contribution >= 4 is 15.9 Å². The largest absolute Gasteiger partial charge is 0.497 e. The molecule has 2 heterocycles. The number of methoxy groups -OCH3 is 1. The third-order valence-corrected chi connectivity index (χ3v) is 7.50. The molecule has 162 valence electrons. The van der Waals surface area contributed by atoms with Crippen molar-refractivity contribution in [3.05, 3.63) is 41.0 Å². The van der Waals surface area contributed by atoms with E-state index in [9.17, 15) is 13.2 Å². The van der Waals surface area contributed by atoms with Crippen LogP contribution in [0.4, 0.5) is 0 Å². The smallest absolute Gasteiger partial charge is 0.251 e. The van der Waals surface area contributed by atoms with Gasteiger partial charge in [0.15, 0.2) is 5.82 Å². The number of hydrogen-bond acceptors (Lipinski definition) is 7. The SMILES string of the molecule is COc1ccc(C(=O)N[C@@H]2C[C@H]3CN(S(C)(=O)=O)C[C@@]3(c3nc(C)no3)C2)c(C)c1. The third kappa shape index (κ3) is 3.58. The van der Waals surface area contributed by atoms with Gasteiger partial charge in [-0.2, -0.15) is 4.98 Å². The van der Waals surface area contributed by atoms with Crippen molar-refractivity contribution in [2.45, 2.75) is 38.1 Å². The van der Waals surface area contributed by atoms with Gasteiger partial charge in [0.1, 0.15) is 5.75 Å². The van der Waals surface area contributed by atoms with E-state index in [-0.39, 0.29) is 24.4 Å². The highest BCUT2D eigenvalue weighted by Gasteiger charge is 2.59. The van der Waals surface area contributed by atoms with Gasteiger partial charge in [-0.15, -0.1) is 0 Å². The average molecular weight is 435 g/mol. The predicted octanol–water partition coefficient (Wildman–Crippen LogP) is 1.42. The van der Waals surface area contributed by atoms with Crippen LogP contribution in [-0.4, -0.2) is 61.3 Å². The number of fused-ring (bicyclic) bond motifs is 1. The normalized spacial score (nSPS) is 26.5. The summed E-state index contributed by atoms with van der Waals surface area (Å²) in [6, 6.07) is 5.23. The number of sulfonamides is 1. The first-order valence-corrected chi connectivity index (χ1v) is 11.7. The summed E-state index contributed by atoms with van der Waals surface area (Å²) >= 11 is 0. The van der Waals surface area contributed by atoms with Gasteiger partial charge in [-0.25, -0.2) is 12.7 Å². The molecule has 1 saturated heterocycles. The highest BCUT2D eigenvalue weighted by molar-refractivity contribution is 7.88. The number of nitrogens with zero attached hydrogens (tertiary/aromatic N) is 3. The summed E-state index contributed by atoms with van der Waals surface area (Å²) < 4.78 is 36.5. The van der Waals surface area contributed by atoms with Crippen molar-refractivity contribution in [2.75, 3.05) is 26.5 Å². The first-order chi connectivity index (χ1) is 14.1. The lowest BCUT2D eigenvalue weighted by Gasteiger charge is -2.25. The van der Waals surface area contributed by atoms with Gasteiger partial charge < -0.3 is 14.6 Å². The fourth-order valence-corrected chi connectivity index (χ4v) is 5.71. The van der Waals surface area contributed by atoms with E-state index in [1.165, 1.54) is 10.6 Å². The molecule has 1 N–H and O–H groups in total. The van der Waals surface area contributed by atoms with E-state index in [1.807, 2.05) is 13.0 Å². The minimum atomic E-state index is -3.34. The van der Waals surface area contributed by atoms with Crippen LogP contribution in [-0.2, 0) is 15.4 Å². The number of hydrogen-bond donors (Lipinski definition) is 1. The third-order valence-electron chi connectivity index (χ3n) is 6.28. The molecule has 1 aromatic heterocycles. The van der Waals surface area contributed by atoms with Gasteiger partial charge >= 0.3 is 0 Å². The van der Waals surface area contributed by atoms with Gasteiger partial charge in [-0.3, -0.25) is 4.79 Å². The molecule has 1 amide bonds. The Morgan fingerprint density at radius 1 is 1.37 bits per heavy atom. The predicted molar refractivity (Wildman–Crippen MR) is 109 cm³/mol. The van der Waals surface area contributed by atoms with Crippen LogP contribution in [0.15, 0.2) is 22.7 Å². The molecule has 4 rings (SSSR count). The molecule has 1 aliphatic carbocycles. The molecule has 30 heavy (non-hydrogen) atoms. The summed E-state index contributed by atoms with van der Waals surface area (Å²) in [6.07, 6.45) is 2.41. The second-order valence-corrected chi connectivity index (χ2v) is 10.3. The highest BCUT2D eigenvalue weighted by atomic mass is 32.2. The number of aryl methyl sites for hydroxylation is 2. The first kappa shape index (κ1) is 20.8. The zero-order valence-electron chi connectivity index (χ0n) is 17.5. The molecule has 0 spiro atoms. The average Bonchev–Trinajstić information content (AvgIpc) is 3.33. The lowest BCUT2D eigenvalue weighted by atomic mass is 9.80. The molecular formula is C20H26N4O5S. The number of amides is 1. The molecule has 2 aromatic rings. The topological polar surface area (TPSA) is 115 Å². The maximum absolute atomic E-state index is 12.9. The van der Waals surface area contributed by atoms with Crippen LogP contribution in [0.1, 0.15) is 40.5 Å². The standard InChI is InChI=1S/C20H26N4O5S/c1-12-7-16(28-3)5-6-17(12)18(25)22-15-8-14-10-24(30(4,26)27)11-20(14,9-15)19-21-13(2)23-29-19/h5-7,14-15H,8-11H2,1-4H3,(H,22,25)/t14-,15+,20-/m0/s1. The van der Waals surface area contributed by atoms with Gasteiger partial charge in [0, 0.05) is 24.7 Å². The van der Waals surface area contributed by atoms with Crippen LogP contribution in [0.25, 0.3) is 0 Å². The Hall–Kier alpha value is -2.46. The van der Waals surface area contributed by atoms with Crippen LogP contribution in [0.3, 0.4) is 0 Å². The first-order valence-electron chi connectivity index (χ1n) is 9.84. The molecule has 0 radical (unpaired) electrons. The Morgan fingerprint density at radius 3 is 2.73 bits per heavy atom. The van der Waals surface area contributed by atoms with Crippen molar-refractivity contribution in [1.29, 1.82) is 0 Å². The van der Waals surface area contributed by atoms with E-state index in [0.717, 1.165) is 5.56 Å². The van der Waals surface area contributed by atoms with Crippen molar-refractivity contribution in [3.8, 4) is 5.75 Å². The number of aromatic nitrogens is 2. The van der Waals surface area contributed by atoms with E-state index in [1.54, 1.807) is 26.2 Å². The van der Waals surface area contributed by atoms with E-state index < -0.39 is 15.4 Å². The second-order valence-electron chi connectivity index (χ2n) is 8.35. The molecule has 9 nitrogen and oxygen atoms in total. The number of carbonyl (C=O) groups is 1. The van der Waals surface area contributed by atoms with Gasteiger partial charge in [0.05, 0.1) is 18.8 Å². The number of benzene rings is 1. The summed E-state index contributed by atoms with van der Waals surface area (Å²) in [6.45, 7) is 4.27. The van der Waals surface area contributed by atoms with Crippen molar-refractivity contribution in [2.24, 2.45) is 5.92 Å². The summed E-state index contributed by atoms with van der Waals surface area (Å²) in [5, 5.41) is 7.03. The van der Waals surface area contributed by atoms with Crippen LogP contribution in [0, 0.1) is 19.8 Å². The summed E-state index contributed by atoms with van der Waals surface area (Å²) in [5.41, 5.74) is 0.834. The quantitative estimate of drug-likeness (QED) is 0.757.